The highest BCUT2D eigenvalue weighted by atomic mass is 15.4. The van der Waals surface area contributed by atoms with Crippen LogP contribution in [0.25, 0.3) is 0 Å². The molecule has 1 rings (SSSR count). The summed E-state index contributed by atoms with van der Waals surface area (Å²) in [5, 5.41) is 0. The van der Waals surface area contributed by atoms with Gasteiger partial charge in [0.2, 0.25) is 5.96 Å². The number of nitrogens with zero attached hydrogens (tertiary/aromatic N) is 2. The van der Waals surface area contributed by atoms with Gasteiger partial charge in [0.25, 0.3) is 0 Å². The number of guanidine groups is 1. The molecule has 1 aliphatic carbocycles. The second-order valence-electron chi connectivity index (χ2n) is 3.43. The average Bonchev–Trinajstić information content (AvgIpc) is 2.51. The van der Waals surface area contributed by atoms with Crippen LogP contribution in [0, 0.1) is 0 Å². The van der Waals surface area contributed by atoms with E-state index in [0.29, 0.717) is 6.04 Å². The smallest absolute Gasteiger partial charge is 0.208 e. The van der Waals surface area contributed by atoms with Gasteiger partial charge in [-0.25, -0.2) is 10.8 Å². The summed E-state index contributed by atoms with van der Waals surface area (Å²) in [7, 11) is 3.88. The second-order valence-corrected chi connectivity index (χ2v) is 3.43. The van der Waals surface area contributed by atoms with Crippen LogP contribution in [-0.2, 0) is 0 Å². The lowest BCUT2D eigenvalue weighted by molar-refractivity contribution is 0.568. The fourth-order valence-corrected chi connectivity index (χ4v) is 1.49. The Hall–Kier alpha value is -0.770. The summed E-state index contributed by atoms with van der Waals surface area (Å²) in [5.74, 6) is 6.11. The van der Waals surface area contributed by atoms with Gasteiger partial charge in [-0.05, 0) is 12.8 Å². The van der Waals surface area contributed by atoms with Crippen LogP contribution in [0.2, 0.25) is 0 Å². The van der Waals surface area contributed by atoms with Crippen molar-refractivity contribution in [3.63, 3.8) is 0 Å². The molecular weight excluding hydrogens is 152 g/mol. The molecule has 0 spiro atoms. The van der Waals surface area contributed by atoms with Crippen molar-refractivity contribution in [2.45, 2.75) is 31.7 Å². The van der Waals surface area contributed by atoms with Crippen molar-refractivity contribution in [3.05, 3.63) is 0 Å². The van der Waals surface area contributed by atoms with Crippen LogP contribution in [0.1, 0.15) is 25.7 Å². The molecule has 0 unspecified atom stereocenters. The Morgan fingerprint density at radius 3 is 2.42 bits per heavy atom. The molecule has 4 nitrogen and oxygen atoms in total. The van der Waals surface area contributed by atoms with Crippen molar-refractivity contribution in [2.75, 3.05) is 14.1 Å². The minimum atomic E-state index is 0.485. The largest absolute Gasteiger partial charge is 0.348 e. The van der Waals surface area contributed by atoms with Crippen LogP contribution in [0.3, 0.4) is 0 Å². The molecule has 1 saturated carbocycles. The molecule has 4 heteroatoms. The van der Waals surface area contributed by atoms with E-state index >= 15 is 0 Å². The van der Waals surface area contributed by atoms with Crippen LogP contribution in [0.15, 0.2) is 4.99 Å². The molecular formula is C8H18N4. The molecule has 0 saturated heterocycles. The normalized spacial score (nSPS) is 19.8. The number of aliphatic imine (C=N–C) groups is 1. The lowest BCUT2D eigenvalue weighted by Gasteiger charge is -2.16. The fraction of sp³-hybridized carbons (Fsp3) is 0.875. The first kappa shape index (κ1) is 9.32. The Morgan fingerprint density at radius 1 is 1.42 bits per heavy atom. The van der Waals surface area contributed by atoms with Gasteiger partial charge < -0.3 is 4.90 Å². The van der Waals surface area contributed by atoms with E-state index in [0.717, 1.165) is 5.96 Å². The Morgan fingerprint density at radius 2 is 2.00 bits per heavy atom. The van der Waals surface area contributed by atoms with Gasteiger partial charge in [-0.3, -0.25) is 5.43 Å². The van der Waals surface area contributed by atoms with Crippen molar-refractivity contribution in [2.24, 2.45) is 10.8 Å². The van der Waals surface area contributed by atoms with Gasteiger partial charge in [0, 0.05) is 14.1 Å². The molecule has 70 valence electrons. The minimum Gasteiger partial charge on any atom is -0.348 e. The molecule has 3 N–H and O–H groups in total. The molecule has 0 radical (unpaired) electrons. The number of rotatable bonds is 1. The fourth-order valence-electron chi connectivity index (χ4n) is 1.49. The van der Waals surface area contributed by atoms with Gasteiger partial charge in [-0.2, -0.15) is 0 Å². The molecule has 12 heavy (non-hydrogen) atoms. The van der Waals surface area contributed by atoms with Crippen LogP contribution < -0.4 is 11.3 Å². The maximum absolute atomic E-state index is 5.33. The summed E-state index contributed by atoms with van der Waals surface area (Å²) in [5.41, 5.74) is 2.60. The van der Waals surface area contributed by atoms with Crippen LogP contribution in [0.5, 0.6) is 0 Å². The van der Waals surface area contributed by atoms with Crippen LogP contribution in [0.4, 0.5) is 0 Å². The summed E-state index contributed by atoms with van der Waals surface area (Å²) in [6, 6.07) is 0.485. The van der Waals surface area contributed by atoms with Crippen LogP contribution in [-0.4, -0.2) is 31.0 Å². The zero-order chi connectivity index (χ0) is 8.97. The number of nitrogens with one attached hydrogen (secondary N) is 1. The SMILES string of the molecule is CN(C)C(=NC1CCCC1)NN. The van der Waals surface area contributed by atoms with Crippen molar-refractivity contribution >= 4 is 5.96 Å². The summed E-state index contributed by atoms with van der Waals surface area (Å²) in [4.78, 5) is 6.40. The number of hydrogen-bond acceptors (Lipinski definition) is 2. The van der Waals surface area contributed by atoms with E-state index in [4.69, 9.17) is 5.84 Å². The molecule has 0 bridgehead atoms. The average molecular weight is 170 g/mol. The Bertz CT molecular complexity index is 158. The van der Waals surface area contributed by atoms with Gasteiger partial charge in [-0.1, -0.05) is 12.8 Å². The summed E-state index contributed by atoms with van der Waals surface area (Å²) >= 11 is 0. The predicted octanol–water partition coefficient (Wildman–Crippen LogP) is 0.310. The van der Waals surface area contributed by atoms with Crippen molar-refractivity contribution < 1.29 is 0 Å². The van der Waals surface area contributed by atoms with E-state index in [-0.39, 0.29) is 0 Å². The zero-order valence-electron chi connectivity index (χ0n) is 7.88. The molecule has 1 aliphatic rings. The highest BCUT2D eigenvalue weighted by molar-refractivity contribution is 5.78. The van der Waals surface area contributed by atoms with E-state index in [2.05, 4.69) is 10.4 Å². The first-order valence-corrected chi connectivity index (χ1v) is 4.46. The molecule has 0 aromatic rings. The standard InChI is InChI=1S/C8H18N4/c1-12(2)8(11-9)10-7-5-3-4-6-7/h7H,3-6,9H2,1-2H3,(H,10,11). The highest BCUT2D eigenvalue weighted by Crippen LogP contribution is 2.20. The Kier molecular flexibility index (Phi) is 3.34. The van der Waals surface area contributed by atoms with Gasteiger partial charge in [-0.15, -0.1) is 0 Å². The molecule has 1 fully saturated rings. The van der Waals surface area contributed by atoms with E-state index in [1.807, 2.05) is 19.0 Å². The van der Waals surface area contributed by atoms with Crippen LogP contribution >= 0.6 is 0 Å². The van der Waals surface area contributed by atoms with Gasteiger partial charge in [0.1, 0.15) is 0 Å². The number of nitrogens with two attached hydrogens (primary N) is 1. The summed E-state index contributed by atoms with van der Waals surface area (Å²) in [6.07, 6.45) is 5.02. The summed E-state index contributed by atoms with van der Waals surface area (Å²) < 4.78 is 0. The lowest BCUT2D eigenvalue weighted by atomic mass is 10.3. The topological polar surface area (TPSA) is 53.6 Å². The first-order chi connectivity index (χ1) is 5.74. The first-order valence-electron chi connectivity index (χ1n) is 4.46. The third-order valence-corrected chi connectivity index (χ3v) is 2.18. The van der Waals surface area contributed by atoms with E-state index in [1.165, 1.54) is 25.7 Å². The number of hydrogen-bond donors (Lipinski definition) is 2. The third-order valence-electron chi connectivity index (χ3n) is 2.18. The van der Waals surface area contributed by atoms with Crippen molar-refractivity contribution in [1.29, 1.82) is 0 Å². The summed E-state index contributed by atoms with van der Waals surface area (Å²) in [6.45, 7) is 0. The Labute approximate surface area is 73.8 Å². The monoisotopic (exact) mass is 170 g/mol. The molecule has 0 amide bonds. The van der Waals surface area contributed by atoms with Gasteiger partial charge >= 0.3 is 0 Å². The van der Waals surface area contributed by atoms with E-state index in [9.17, 15) is 0 Å². The maximum atomic E-state index is 5.33. The van der Waals surface area contributed by atoms with Gasteiger partial charge in [0.05, 0.1) is 6.04 Å². The highest BCUT2D eigenvalue weighted by Gasteiger charge is 2.14. The molecule has 0 aromatic carbocycles. The van der Waals surface area contributed by atoms with Gasteiger partial charge in [0.15, 0.2) is 0 Å². The molecule has 0 heterocycles. The minimum absolute atomic E-state index is 0.485. The number of hydrazine groups is 1. The zero-order valence-corrected chi connectivity index (χ0v) is 7.88. The lowest BCUT2D eigenvalue weighted by Crippen LogP contribution is -2.41. The quantitative estimate of drug-likeness (QED) is 0.258. The van der Waals surface area contributed by atoms with Crippen molar-refractivity contribution in [1.82, 2.24) is 10.3 Å². The maximum Gasteiger partial charge on any atom is 0.208 e. The molecule has 0 aliphatic heterocycles. The predicted molar refractivity (Wildman–Crippen MR) is 50.7 cm³/mol. The van der Waals surface area contributed by atoms with E-state index < -0.39 is 0 Å². The molecule has 0 atom stereocenters. The third kappa shape index (κ3) is 2.37. The molecule has 0 aromatic heterocycles. The van der Waals surface area contributed by atoms with Crippen molar-refractivity contribution in [3.8, 4) is 0 Å². The second kappa shape index (κ2) is 4.30. The Balaban J connectivity index is 2.50. The van der Waals surface area contributed by atoms with E-state index in [1.54, 1.807) is 0 Å².